The van der Waals surface area contributed by atoms with Crippen LogP contribution >= 0.6 is 15.9 Å². The van der Waals surface area contributed by atoms with Crippen molar-refractivity contribution in [1.29, 1.82) is 0 Å². The molecular formula is C10H18BrNO2. The predicted molar refractivity (Wildman–Crippen MR) is 59.9 cm³/mol. The van der Waals surface area contributed by atoms with Gasteiger partial charge in [0.2, 0.25) is 0 Å². The highest BCUT2D eigenvalue weighted by Crippen LogP contribution is 2.44. The van der Waals surface area contributed by atoms with Crippen LogP contribution in [0.5, 0.6) is 0 Å². The SMILES string of the molecule is CC(C)(C)C1(CBr)CCCN1C(=O)O. The number of likely N-dealkylation sites (tertiary alicyclic amines) is 1. The molecule has 1 amide bonds. The molecule has 0 aromatic heterocycles. The molecule has 82 valence electrons. The Morgan fingerprint density at radius 1 is 1.57 bits per heavy atom. The molecule has 0 aromatic rings. The molecule has 0 spiro atoms. The van der Waals surface area contributed by atoms with Crippen molar-refractivity contribution in [2.45, 2.75) is 39.2 Å². The van der Waals surface area contributed by atoms with Crippen LogP contribution in [0.3, 0.4) is 0 Å². The standard InChI is InChI=1S/C10H18BrNO2/c1-9(2,3)10(7-11)5-4-6-12(10)8(13)14/h4-7H2,1-3H3,(H,13,14). The van der Waals surface area contributed by atoms with Gasteiger partial charge < -0.3 is 10.0 Å². The van der Waals surface area contributed by atoms with Crippen molar-refractivity contribution >= 4 is 22.0 Å². The first-order valence-corrected chi connectivity index (χ1v) is 6.04. The summed E-state index contributed by atoms with van der Waals surface area (Å²) in [6, 6.07) is 0. The average molecular weight is 264 g/mol. The maximum Gasteiger partial charge on any atom is 0.407 e. The second kappa shape index (κ2) is 3.72. The van der Waals surface area contributed by atoms with E-state index in [0.717, 1.165) is 18.2 Å². The Morgan fingerprint density at radius 2 is 2.14 bits per heavy atom. The number of rotatable bonds is 1. The van der Waals surface area contributed by atoms with Gasteiger partial charge in [-0.05, 0) is 18.3 Å². The zero-order valence-electron chi connectivity index (χ0n) is 9.01. The third kappa shape index (κ3) is 1.64. The first-order chi connectivity index (χ1) is 6.35. The van der Waals surface area contributed by atoms with Crippen molar-refractivity contribution < 1.29 is 9.90 Å². The summed E-state index contributed by atoms with van der Waals surface area (Å²) in [4.78, 5) is 12.7. The second-order valence-electron chi connectivity index (χ2n) is 4.95. The minimum absolute atomic E-state index is 0.0224. The van der Waals surface area contributed by atoms with Gasteiger partial charge in [0.1, 0.15) is 0 Å². The van der Waals surface area contributed by atoms with E-state index in [1.165, 1.54) is 0 Å². The number of alkyl halides is 1. The number of carbonyl (C=O) groups is 1. The molecule has 1 saturated heterocycles. The van der Waals surface area contributed by atoms with Crippen LogP contribution in [-0.2, 0) is 0 Å². The van der Waals surface area contributed by atoms with Gasteiger partial charge >= 0.3 is 6.09 Å². The summed E-state index contributed by atoms with van der Waals surface area (Å²) in [5.74, 6) is 0. The van der Waals surface area contributed by atoms with Crippen LogP contribution in [0, 0.1) is 5.41 Å². The molecule has 0 bridgehead atoms. The number of amides is 1. The predicted octanol–water partition coefficient (Wildman–Crippen LogP) is 2.94. The zero-order valence-corrected chi connectivity index (χ0v) is 10.6. The summed E-state index contributed by atoms with van der Waals surface area (Å²) in [6.07, 6.45) is 1.13. The van der Waals surface area contributed by atoms with Crippen LogP contribution in [0.1, 0.15) is 33.6 Å². The fourth-order valence-corrected chi connectivity index (χ4v) is 3.70. The zero-order chi connectivity index (χ0) is 11.0. The third-order valence-corrected chi connectivity index (χ3v) is 4.26. The maximum atomic E-state index is 11.1. The summed E-state index contributed by atoms with van der Waals surface area (Å²) in [5.41, 5.74) is -0.260. The van der Waals surface area contributed by atoms with Crippen LogP contribution in [-0.4, -0.2) is 33.5 Å². The van der Waals surface area contributed by atoms with Crippen molar-refractivity contribution in [1.82, 2.24) is 4.90 Å². The van der Waals surface area contributed by atoms with E-state index < -0.39 is 6.09 Å². The number of nitrogens with zero attached hydrogens (tertiary/aromatic N) is 1. The van der Waals surface area contributed by atoms with E-state index in [4.69, 9.17) is 5.11 Å². The van der Waals surface area contributed by atoms with E-state index in [0.29, 0.717) is 6.54 Å². The van der Waals surface area contributed by atoms with Gasteiger partial charge in [-0.3, -0.25) is 0 Å². The van der Waals surface area contributed by atoms with Crippen LogP contribution in [0.4, 0.5) is 4.79 Å². The first kappa shape index (κ1) is 11.8. The Balaban J connectivity index is 3.04. The maximum absolute atomic E-state index is 11.1. The molecule has 0 aliphatic carbocycles. The summed E-state index contributed by atoms with van der Waals surface area (Å²) in [5, 5.41) is 9.87. The smallest absolute Gasteiger partial charge is 0.407 e. The molecular weight excluding hydrogens is 246 g/mol. The van der Waals surface area contributed by atoms with Crippen molar-refractivity contribution in [2.24, 2.45) is 5.41 Å². The van der Waals surface area contributed by atoms with E-state index in [2.05, 4.69) is 36.7 Å². The molecule has 1 fully saturated rings. The summed E-state index contributed by atoms with van der Waals surface area (Å²) in [7, 11) is 0. The van der Waals surface area contributed by atoms with Crippen LogP contribution < -0.4 is 0 Å². The highest BCUT2D eigenvalue weighted by Gasteiger charge is 2.50. The van der Waals surface area contributed by atoms with Gasteiger partial charge in [0.25, 0.3) is 0 Å². The fraction of sp³-hybridized carbons (Fsp3) is 0.900. The lowest BCUT2D eigenvalue weighted by atomic mass is 9.73. The molecule has 1 unspecified atom stereocenters. The average Bonchev–Trinajstić information content (AvgIpc) is 2.46. The van der Waals surface area contributed by atoms with Gasteiger partial charge in [-0.15, -0.1) is 0 Å². The molecule has 0 saturated carbocycles. The molecule has 3 nitrogen and oxygen atoms in total. The van der Waals surface area contributed by atoms with E-state index >= 15 is 0 Å². The lowest BCUT2D eigenvalue weighted by Crippen LogP contribution is -2.56. The third-order valence-electron chi connectivity index (χ3n) is 3.34. The Hall–Kier alpha value is -0.250. The minimum Gasteiger partial charge on any atom is -0.465 e. The highest BCUT2D eigenvalue weighted by molar-refractivity contribution is 9.09. The van der Waals surface area contributed by atoms with Crippen molar-refractivity contribution in [3.63, 3.8) is 0 Å². The van der Waals surface area contributed by atoms with Crippen LogP contribution in [0.15, 0.2) is 0 Å². The first-order valence-electron chi connectivity index (χ1n) is 4.92. The Kier molecular flexibility index (Phi) is 3.14. The van der Waals surface area contributed by atoms with Gasteiger partial charge in [-0.2, -0.15) is 0 Å². The molecule has 0 aromatic carbocycles. The van der Waals surface area contributed by atoms with Crippen LogP contribution in [0.2, 0.25) is 0 Å². The summed E-state index contributed by atoms with van der Waals surface area (Å²) < 4.78 is 0. The van der Waals surface area contributed by atoms with Gasteiger partial charge in [-0.1, -0.05) is 36.7 Å². The molecule has 0 radical (unpaired) electrons. The molecule has 1 N–H and O–H groups in total. The fourth-order valence-electron chi connectivity index (χ4n) is 2.28. The normalized spacial score (nSPS) is 28.1. The topological polar surface area (TPSA) is 40.5 Å². The summed E-state index contributed by atoms with van der Waals surface area (Å²) in [6.45, 7) is 6.98. The molecule has 1 heterocycles. The van der Waals surface area contributed by atoms with Gasteiger partial charge in [0.15, 0.2) is 0 Å². The lowest BCUT2D eigenvalue weighted by molar-refractivity contribution is 0.0486. The Bertz CT molecular complexity index is 237. The number of hydrogen-bond donors (Lipinski definition) is 1. The number of halogens is 1. The largest absolute Gasteiger partial charge is 0.465 e. The summed E-state index contributed by atoms with van der Waals surface area (Å²) >= 11 is 3.47. The van der Waals surface area contributed by atoms with Gasteiger partial charge in [-0.25, -0.2) is 4.79 Å². The number of carboxylic acid groups (broad SMARTS) is 1. The molecule has 4 heteroatoms. The van der Waals surface area contributed by atoms with Crippen molar-refractivity contribution in [3.8, 4) is 0 Å². The van der Waals surface area contributed by atoms with E-state index in [1.54, 1.807) is 4.90 Å². The monoisotopic (exact) mass is 263 g/mol. The van der Waals surface area contributed by atoms with Crippen molar-refractivity contribution in [3.05, 3.63) is 0 Å². The lowest BCUT2D eigenvalue weighted by Gasteiger charge is -2.46. The highest BCUT2D eigenvalue weighted by atomic mass is 79.9. The van der Waals surface area contributed by atoms with Gasteiger partial charge in [0, 0.05) is 11.9 Å². The quantitative estimate of drug-likeness (QED) is 0.740. The van der Waals surface area contributed by atoms with Crippen molar-refractivity contribution in [2.75, 3.05) is 11.9 Å². The van der Waals surface area contributed by atoms with E-state index in [-0.39, 0.29) is 11.0 Å². The molecule has 1 aliphatic rings. The molecule has 1 aliphatic heterocycles. The number of hydrogen-bond acceptors (Lipinski definition) is 1. The molecule has 1 atom stereocenters. The molecule has 14 heavy (non-hydrogen) atoms. The van der Waals surface area contributed by atoms with E-state index in [9.17, 15) is 4.79 Å². The minimum atomic E-state index is -0.795. The molecule has 1 rings (SSSR count). The van der Waals surface area contributed by atoms with Crippen LogP contribution in [0.25, 0.3) is 0 Å². The van der Waals surface area contributed by atoms with E-state index in [1.807, 2.05) is 0 Å². The Morgan fingerprint density at radius 3 is 2.43 bits per heavy atom. The Labute approximate surface area is 93.6 Å². The second-order valence-corrected chi connectivity index (χ2v) is 5.51. The van der Waals surface area contributed by atoms with Gasteiger partial charge in [0.05, 0.1) is 5.54 Å².